The predicted molar refractivity (Wildman–Crippen MR) is 133 cm³/mol. The molecule has 174 valence electrons. The van der Waals surface area contributed by atoms with Crippen LogP contribution in [0.5, 0.6) is 0 Å². The quantitative estimate of drug-likeness (QED) is 0.374. The molecule has 7 nitrogen and oxygen atoms in total. The van der Waals surface area contributed by atoms with Gasteiger partial charge in [-0.05, 0) is 30.4 Å². The van der Waals surface area contributed by atoms with E-state index in [0.717, 1.165) is 71.1 Å². The molecule has 0 radical (unpaired) electrons. The minimum Gasteiger partial charge on any atom is -0.350 e. The Morgan fingerprint density at radius 2 is 1.54 bits per heavy atom. The van der Waals surface area contributed by atoms with Crippen LogP contribution in [0.25, 0.3) is 33.0 Å². The van der Waals surface area contributed by atoms with E-state index in [2.05, 4.69) is 16.0 Å². The van der Waals surface area contributed by atoms with E-state index in [1.54, 1.807) is 0 Å². The Balaban J connectivity index is 1.51. The highest BCUT2D eigenvalue weighted by Crippen LogP contribution is 2.44. The normalized spacial score (nSPS) is 21.7. The maximum Gasteiger partial charge on any atom is 0.259 e. The van der Waals surface area contributed by atoms with Crippen molar-refractivity contribution in [3.8, 4) is 0 Å². The third-order valence-corrected chi connectivity index (χ3v) is 8.05. The van der Waals surface area contributed by atoms with Crippen molar-refractivity contribution in [3.63, 3.8) is 0 Å². The fourth-order valence-electron chi connectivity index (χ4n) is 6.53. The van der Waals surface area contributed by atoms with Crippen LogP contribution in [0.1, 0.15) is 16.8 Å². The van der Waals surface area contributed by atoms with Crippen LogP contribution in [0.2, 0.25) is 0 Å². The summed E-state index contributed by atoms with van der Waals surface area (Å²) in [5.41, 5.74) is 5.68. The summed E-state index contributed by atoms with van der Waals surface area (Å²) in [6.07, 6.45) is 3.65. The number of likely N-dealkylation sites (tertiary alicyclic amines) is 1. The van der Waals surface area contributed by atoms with E-state index in [1.165, 1.54) is 0 Å². The topological polar surface area (TPSA) is 76.3 Å². The number of hydrogen-bond acceptors (Lipinski definition) is 3. The van der Waals surface area contributed by atoms with E-state index >= 15 is 0 Å². The first-order valence-corrected chi connectivity index (χ1v) is 12.0. The van der Waals surface area contributed by atoms with Crippen LogP contribution >= 0.6 is 0 Å². The van der Waals surface area contributed by atoms with Gasteiger partial charge in [-0.3, -0.25) is 19.7 Å². The first-order chi connectivity index (χ1) is 17.0. The summed E-state index contributed by atoms with van der Waals surface area (Å²) in [6.45, 7) is 2.30. The molecule has 2 aromatic heterocycles. The lowest BCUT2D eigenvalue weighted by molar-refractivity contribution is -0.123. The third-order valence-electron chi connectivity index (χ3n) is 8.05. The second-order valence-electron chi connectivity index (χ2n) is 9.94. The molecule has 7 heteroatoms. The monoisotopic (exact) mass is 464 g/mol. The zero-order valence-corrected chi connectivity index (χ0v) is 19.3. The van der Waals surface area contributed by atoms with Gasteiger partial charge in [0.1, 0.15) is 0 Å². The number of amides is 3. The number of benzene rings is 2. The smallest absolute Gasteiger partial charge is 0.259 e. The lowest BCUT2D eigenvalue weighted by Gasteiger charge is -2.28. The standard InChI is InChI=1S/C28H24N4O3/c1-30-14-20(18-6-2-4-8-21(18)30)25-26(28(35)29-27(25)34)24-19-7-3-5-9-22(19)32-13-17-12-31(15-33)11-16(17)10-23(24)32/h2-9,14-17H,10-13H2,1H3,(H,29,34,35). The average molecular weight is 465 g/mol. The van der Waals surface area contributed by atoms with Crippen molar-refractivity contribution in [2.24, 2.45) is 18.9 Å². The first-order valence-electron chi connectivity index (χ1n) is 12.0. The summed E-state index contributed by atoms with van der Waals surface area (Å²) in [7, 11) is 1.95. The highest BCUT2D eigenvalue weighted by atomic mass is 16.2. The summed E-state index contributed by atoms with van der Waals surface area (Å²) in [5, 5.41) is 4.53. The van der Waals surface area contributed by atoms with Gasteiger partial charge in [0.05, 0.1) is 11.1 Å². The summed E-state index contributed by atoms with van der Waals surface area (Å²) in [4.78, 5) is 40.0. The molecule has 35 heavy (non-hydrogen) atoms. The number of para-hydroxylation sites is 2. The van der Waals surface area contributed by atoms with E-state index in [-0.39, 0.29) is 11.8 Å². The van der Waals surface area contributed by atoms with Crippen molar-refractivity contribution in [2.45, 2.75) is 13.0 Å². The van der Waals surface area contributed by atoms with Gasteiger partial charge >= 0.3 is 0 Å². The molecule has 0 bridgehead atoms. The van der Waals surface area contributed by atoms with Crippen molar-refractivity contribution in [2.75, 3.05) is 13.1 Å². The number of nitrogens with zero attached hydrogens (tertiary/aromatic N) is 3. The van der Waals surface area contributed by atoms with Gasteiger partial charge in [0.15, 0.2) is 0 Å². The van der Waals surface area contributed by atoms with E-state index in [4.69, 9.17) is 0 Å². The van der Waals surface area contributed by atoms with Crippen molar-refractivity contribution in [1.29, 1.82) is 0 Å². The van der Waals surface area contributed by atoms with Crippen LogP contribution in [0.3, 0.4) is 0 Å². The molecule has 1 N–H and O–H groups in total. The van der Waals surface area contributed by atoms with Crippen molar-refractivity contribution in [1.82, 2.24) is 19.4 Å². The lowest BCUT2D eigenvalue weighted by Crippen LogP contribution is -2.28. The Kier molecular flexibility index (Phi) is 4.16. The molecule has 4 aromatic rings. The molecule has 3 aliphatic rings. The Hall–Kier alpha value is -4.13. The van der Waals surface area contributed by atoms with Gasteiger partial charge < -0.3 is 14.0 Å². The van der Waals surface area contributed by atoms with Gasteiger partial charge in [-0.25, -0.2) is 0 Å². The van der Waals surface area contributed by atoms with Gasteiger partial charge in [0.2, 0.25) is 6.41 Å². The highest BCUT2D eigenvalue weighted by molar-refractivity contribution is 6.51. The van der Waals surface area contributed by atoms with Crippen molar-refractivity contribution >= 4 is 51.2 Å². The zero-order chi connectivity index (χ0) is 23.8. The fraction of sp³-hybridized carbons (Fsp3) is 0.250. The number of nitrogens with one attached hydrogen (secondary N) is 1. The second-order valence-corrected chi connectivity index (χ2v) is 9.94. The zero-order valence-electron chi connectivity index (χ0n) is 19.3. The van der Waals surface area contributed by atoms with Gasteiger partial charge in [-0.15, -0.1) is 0 Å². The number of rotatable bonds is 3. The number of aromatic nitrogens is 2. The number of fused-ring (bicyclic) bond motifs is 5. The van der Waals surface area contributed by atoms with Crippen molar-refractivity contribution < 1.29 is 14.4 Å². The Labute approximate surface area is 201 Å². The molecule has 2 unspecified atom stereocenters. The molecule has 2 atom stereocenters. The van der Waals surface area contributed by atoms with Crippen LogP contribution in [0.15, 0.2) is 54.7 Å². The van der Waals surface area contributed by atoms with Gasteiger partial charge in [0, 0.05) is 71.5 Å². The summed E-state index contributed by atoms with van der Waals surface area (Å²) in [6, 6.07) is 16.1. The number of aryl methyl sites for hydroxylation is 1. The minimum atomic E-state index is -0.355. The summed E-state index contributed by atoms with van der Waals surface area (Å²) < 4.78 is 4.31. The Bertz CT molecular complexity index is 1620. The van der Waals surface area contributed by atoms with Crippen LogP contribution in [0, 0.1) is 11.8 Å². The third kappa shape index (κ3) is 2.75. The van der Waals surface area contributed by atoms with E-state index in [9.17, 15) is 14.4 Å². The number of carbonyl (C=O) groups excluding carboxylic acids is 3. The lowest BCUT2D eigenvalue weighted by atomic mass is 9.85. The van der Waals surface area contributed by atoms with E-state index in [0.29, 0.717) is 23.0 Å². The molecule has 0 spiro atoms. The number of imide groups is 1. The summed E-state index contributed by atoms with van der Waals surface area (Å²) >= 11 is 0. The maximum atomic E-state index is 13.4. The minimum absolute atomic E-state index is 0.345. The molecule has 5 heterocycles. The van der Waals surface area contributed by atoms with Crippen LogP contribution in [-0.4, -0.2) is 45.3 Å². The highest BCUT2D eigenvalue weighted by Gasteiger charge is 2.42. The predicted octanol–water partition coefficient (Wildman–Crippen LogP) is 2.96. The molecule has 0 aliphatic carbocycles. The van der Waals surface area contributed by atoms with Crippen LogP contribution < -0.4 is 5.32 Å². The molecule has 7 rings (SSSR count). The number of carbonyl (C=O) groups is 3. The van der Waals surface area contributed by atoms with Crippen LogP contribution in [-0.2, 0) is 34.4 Å². The first kappa shape index (κ1) is 20.3. The Morgan fingerprint density at radius 3 is 2.34 bits per heavy atom. The molecule has 1 saturated heterocycles. The molecular weight excluding hydrogens is 440 g/mol. The van der Waals surface area contributed by atoms with Crippen molar-refractivity contribution in [3.05, 3.63) is 71.5 Å². The van der Waals surface area contributed by atoms with Gasteiger partial charge in [-0.1, -0.05) is 36.4 Å². The largest absolute Gasteiger partial charge is 0.350 e. The SMILES string of the molecule is Cn1cc(C2=C(c3c4n(c5ccccc35)CC3CN(C=O)CC3C4)C(=O)NC2=O)c2ccccc21. The van der Waals surface area contributed by atoms with Gasteiger partial charge in [-0.2, -0.15) is 0 Å². The molecule has 2 aromatic carbocycles. The average Bonchev–Trinajstić information content (AvgIpc) is 3.58. The second kappa shape index (κ2) is 7.18. The fourth-order valence-corrected chi connectivity index (χ4v) is 6.53. The summed E-state index contributed by atoms with van der Waals surface area (Å²) in [5.74, 6) is 0.0339. The molecule has 3 aliphatic heterocycles. The number of hydrogen-bond donors (Lipinski definition) is 1. The van der Waals surface area contributed by atoms with E-state index < -0.39 is 0 Å². The molecule has 1 fully saturated rings. The molecular formula is C28H24N4O3. The maximum absolute atomic E-state index is 13.4. The molecule has 3 amide bonds. The van der Waals surface area contributed by atoms with Crippen LogP contribution in [0.4, 0.5) is 0 Å². The molecule has 0 saturated carbocycles. The Morgan fingerprint density at radius 1 is 0.857 bits per heavy atom. The van der Waals surface area contributed by atoms with Gasteiger partial charge in [0.25, 0.3) is 11.8 Å². The van der Waals surface area contributed by atoms with E-state index in [1.807, 2.05) is 65.2 Å².